The van der Waals surface area contributed by atoms with E-state index in [1.54, 1.807) is 0 Å². The van der Waals surface area contributed by atoms with E-state index in [4.69, 9.17) is 56.0 Å². The van der Waals surface area contributed by atoms with Crippen LogP contribution in [0.4, 0.5) is 0 Å². The first-order valence-electron chi connectivity index (χ1n) is 20.9. The normalized spacial score (nSPS) is 16.2. The molecule has 0 N–H and O–H groups in total. The summed E-state index contributed by atoms with van der Waals surface area (Å²) in [5, 5.41) is -1.17. The fraction of sp³-hybridized carbons (Fsp3) is 0.455. The van der Waals surface area contributed by atoms with Crippen LogP contribution < -0.4 is 59.7 Å². The summed E-state index contributed by atoms with van der Waals surface area (Å²) in [5.74, 6) is 0.563. The summed E-state index contributed by atoms with van der Waals surface area (Å²) in [6.45, 7) is 0.151. The first-order chi connectivity index (χ1) is 32.3. The van der Waals surface area contributed by atoms with E-state index < -0.39 is 30.4 Å². The Morgan fingerprint density at radius 2 is 0.485 bits per heavy atom. The molecule has 68 heavy (non-hydrogen) atoms. The Morgan fingerprint density at radius 1 is 0.324 bits per heavy atom. The maximum Gasteiger partial charge on any atom is 0.164 e. The predicted molar refractivity (Wildman–Crippen MR) is 243 cm³/mol. The highest BCUT2D eigenvalue weighted by Gasteiger charge is 2.29. The molecule has 8 bridgehead atoms. The second kappa shape index (κ2) is 24.6. The molecule has 4 aromatic rings. The maximum absolute atomic E-state index is 13.7. The van der Waals surface area contributed by atoms with Crippen LogP contribution in [-0.4, -0.2) is 110 Å². The third-order valence-electron chi connectivity index (χ3n) is 10.8. The summed E-state index contributed by atoms with van der Waals surface area (Å²) >= 11 is 0. The Labute approximate surface area is 395 Å². The van der Waals surface area contributed by atoms with Gasteiger partial charge in [0.15, 0.2) is 30.4 Å². The van der Waals surface area contributed by atoms with Gasteiger partial charge in [0.25, 0.3) is 0 Å². The van der Waals surface area contributed by atoms with Gasteiger partial charge in [-0.25, -0.2) is 0 Å². The van der Waals surface area contributed by atoms with Crippen molar-refractivity contribution in [1.29, 1.82) is 0 Å². The van der Waals surface area contributed by atoms with Gasteiger partial charge in [-0.1, -0.05) is 0 Å². The summed E-state index contributed by atoms with van der Waals surface area (Å²) in [4.78, 5) is 54.8. The number of hydrogen-bond acceptors (Lipinski definition) is 20. The summed E-state index contributed by atoms with van der Waals surface area (Å²) in [5.41, 5.74) is 1.64. The van der Waals surface area contributed by atoms with Gasteiger partial charge in [0.2, 0.25) is 0 Å². The van der Waals surface area contributed by atoms with Crippen molar-refractivity contribution in [2.75, 3.05) is 110 Å². The van der Waals surface area contributed by atoms with Gasteiger partial charge in [-0.2, -0.15) is 0 Å². The van der Waals surface area contributed by atoms with Crippen molar-refractivity contribution >= 4 is 51.6 Å². The van der Waals surface area contributed by atoms with Gasteiger partial charge in [-0.05, 0) is 93.0 Å². The van der Waals surface area contributed by atoms with Crippen LogP contribution >= 0.6 is 30.4 Å². The molecule has 0 radical (unpaired) electrons. The van der Waals surface area contributed by atoms with Crippen LogP contribution in [0.15, 0.2) is 48.5 Å². The molecule has 4 unspecified atom stereocenters. The van der Waals surface area contributed by atoms with E-state index in [1.165, 1.54) is 77.0 Å². The van der Waals surface area contributed by atoms with Crippen molar-refractivity contribution in [3.8, 4) is 23.0 Å². The highest BCUT2D eigenvalue weighted by atomic mass is 31.2. The zero-order chi connectivity index (χ0) is 49.9. The smallest absolute Gasteiger partial charge is 0.164 e. The highest BCUT2D eigenvalue weighted by Crippen LogP contribution is 2.46. The van der Waals surface area contributed by atoms with Crippen LogP contribution in [0, 0.1) is 0 Å². The molecule has 0 spiro atoms. The number of hydrogen-bond donors (Lipinski definition) is 0. The number of fused-ring (bicyclic) bond motifs is 8. The molecule has 4 aromatic carbocycles. The van der Waals surface area contributed by atoms with Crippen LogP contribution in [0.5, 0.6) is 23.0 Å². The largest absolute Gasteiger partial charge is 0.775 e. The van der Waals surface area contributed by atoms with Crippen LogP contribution in [-0.2, 0) is 81.0 Å². The van der Waals surface area contributed by atoms with Gasteiger partial charge in [0.1, 0.15) is 49.4 Å². The lowest BCUT2D eigenvalue weighted by Gasteiger charge is -2.29. The molecule has 0 saturated carbocycles. The van der Waals surface area contributed by atoms with E-state index in [2.05, 4.69) is 0 Å². The number of benzene rings is 4. The topological polar surface area (TPSA) is 271 Å². The average molecular weight is 1030 g/mol. The van der Waals surface area contributed by atoms with Gasteiger partial charge in [-0.3, -0.25) is 0 Å². The molecule has 4 atom stereocenters. The van der Waals surface area contributed by atoms with Crippen molar-refractivity contribution < 1.29 is 93.8 Å². The predicted octanol–water partition coefficient (Wildman–Crippen LogP) is 1.76. The molecule has 1 aliphatic rings. The zero-order valence-electron chi connectivity index (χ0n) is 39.1. The Bertz CT molecular complexity index is 2140. The fourth-order valence-corrected chi connectivity index (χ4v) is 10.9. The van der Waals surface area contributed by atoms with Gasteiger partial charge in [-0.15, -0.1) is 0 Å². The molecule has 0 saturated heterocycles. The fourth-order valence-electron chi connectivity index (χ4n) is 7.52. The van der Waals surface area contributed by atoms with Crippen molar-refractivity contribution in [3.63, 3.8) is 0 Å². The van der Waals surface area contributed by atoms with Gasteiger partial charge in [0.05, 0.1) is 26.4 Å². The molecule has 1 aliphatic carbocycles. The van der Waals surface area contributed by atoms with Gasteiger partial charge in [0, 0.05) is 104 Å². The third-order valence-corrected chi connectivity index (χ3v) is 16.3. The van der Waals surface area contributed by atoms with Gasteiger partial charge >= 0.3 is 0 Å². The molecule has 24 heteroatoms. The van der Waals surface area contributed by atoms with Gasteiger partial charge < -0.3 is 93.8 Å². The molecule has 0 amide bonds. The Kier molecular flexibility index (Phi) is 20.0. The summed E-state index contributed by atoms with van der Waals surface area (Å²) < 4.78 is 122. The van der Waals surface area contributed by atoms with Crippen LogP contribution in [0.3, 0.4) is 0 Å². The molecule has 0 fully saturated rings. The average Bonchev–Trinajstić information content (AvgIpc) is 3.31. The van der Waals surface area contributed by atoms with E-state index in [1.807, 2.05) is 0 Å². The number of rotatable bonds is 24. The molecule has 376 valence electrons. The van der Waals surface area contributed by atoms with Crippen LogP contribution in [0.1, 0.15) is 44.5 Å². The van der Waals surface area contributed by atoms with Crippen molar-refractivity contribution in [1.82, 2.24) is 0 Å². The Balaban J connectivity index is 2.07. The quantitative estimate of drug-likeness (QED) is 0.0629. The van der Waals surface area contributed by atoms with E-state index in [0.29, 0.717) is 0 Å². The highest BCUT2D eigenvalue weighted by molar-refractivity contribution is 7.60. The number of methoxy groups -OCH3 is 4. The first-order valence-corrected chi connectivity index (χ1v) is 27.1. The standard InChI is InChI=1S/C44H60O20P4/c1-53-9-13-61-41-29-17-31-23-38(66(47,48)58-6)25-33(42(31)62-14-10-54-2)19-35-27-40(68(51,52)60-8)28-36(44(35)64-16-12-56-4)20-34-26-39(67(49,50)59-7)24-32(43(34)63-15-11-55-3)18-30(41)22-37(21-29)65(45,46)57-5/h21-28H,9-20H2,1-8H3,(H,45,46)(H,47,48)(H,49,50)(H,51,52)/p-4. The summed E-state index contributed by atoms with van der Waals surface area (Å²) in [7, 11) is -9.45. The summed E-state index contributed by atoms with van der Waals surface area (Å²) in [6.07, 6.45) is -1.04. The van der Waals surface area contributed by atoms with E-state index in [9.17, 15) is 37.8 Å². The first kappa shape index (κ1) is 55.4. The third kappa shape index (κ3) is 13.5. The lowest BCUT2D eigenvalue weighted by atomic mass is 9.91. The second-order valence-electron chi connectivity index (χ2n) is 15.2. The summed E-state index contributed by atoms with van der Waals surface area (Å²) in [6, 6.07) is 10.6. The second-order valence-corrected chi connectivity index (χ2v) is 22.7. The molecule has 0 aliphatic heterocycles. The Hall–Kier alpha value is -3.48. The minimum absolute atomic E-state index is 0.0487. The molecule has 20 nitrogen and oxygen atoms in total. The molecular formula is C44H56O20P4-4. The molecule has 5 rings (SSSR count). The monoisotopic (exact) mass is 1030 g/mol. The lowest BCUT2D eigenvalue weighted by molar-refractivity contribution is -0.192. The van der Waals surface area contributed by atoms with Crippen LogP contribution in [0.2, 0.25) is 0 Å². The Morgan fingerprint density at radius 3 is 0.618 bits per heavy atom. The maximum atomic E-state index is 13.7. The SMILES string of the molecule is COCCOc1c2cc(P(=O)([O-])OC)cc1Cc1cc(P(=O)([O-])OC)cc(c1OCCOC)Cc1cc(P(=O)([O-])OC)cc(c1OCCOC)Cc1cc(P(=O)([O-])OC)cc(c1OCCOC)C2. The van der Waals surface area contributed by atoms with Crippen LogP contribution in [0.25, 0.3) is 0 Å². The minimum atomic E-state index is -4.83. The van der Waals surface area contributed by atoms with Crippen molar-refractivity contribution in [3.05, 3.63) is 93.0 Å². The van der Waals surface area contributed by atoms with E-state index >= 15 is 0 Å². The zero-order valence-corrected chi connectivity index (χ0v) is 42.6. The molecule has 0 aromatic heterocycles. The van der Waals surface area contributed by atoms with Crippen molar-refractivity contribution in [2.24, 2.45) is 0 Å². The van der Waals surface area contributed by atoms with E-state index in [0.717, 1.165) is 28.4 Å². The lowest BCUT2D eigenvalue weighted by Crippen LogP contribution is -2.23. The van der Waals surface area contributed by atoms with E-state index in [-0.39, 0.29) is 167 Å². The van der Waals surface area contributed by atoms with Crippen molar-refractivity contribution in [2.45, 2.75) is 25.7 Å². The number of ether oxygens (including phenoxy) is 8. The molecule has 0 heterocycles. The molecular weight excluding hydrogens is 972 g/mol. The minimum Gasteiger partial charge on any atom is -0.775 e.